The van der Waals surface area contributed by atoms with Crippen LogP contribution in [-0.4, -0.2) is 130 Å². The SMILES string of the molecule is CCCCCCCCCCCCCCCCCC(=O)NC(CCCCCCCCCC)CO[C@@H]1OC(CO)[C@@H](O[C@@H]2OC(CO)[C@H](O)C(O)[C@@H]2O)C(O)[C@@H]1NC(C)=O. The zero-order valence-electron chi connectivity index (χ0n) is 36.3. The van der Waals surface area contributed by atoms with Crippen molar-refractivity contribution < 1.29 is 59.2 Å². The van der Waals surface area contributed by atoms with E-state index in [-0.39, 0.29) is 18.6 Å². The Bertz CT molecular complexity index is 1040. The minimum atomic E-state index is -1.76. The highest BCUT2D eigenvalue weighted by Gasteiger charge is 2.51. The van der Waals surface area contributed by atoms with Gasteiger partial charge >= 0.3 is 0 Å². The largest absolute Gasteiger partial charge is 0.394 e. The molecule has 0 radical (unpaired) electrons. The molecular weight excluding hydrogens is 748 g/mol. The van der Waals surface area contributed by atoms with Crippen LogP contribution in [0.3, 0.4) is 0 Å². The van der Waals surface area contributed by atoms with Crippen LogP contribution in [0, 0.1) is 0 Å². The predicted molar refractivity (Wildman–Crippen MR) is 223 cm³/mol. The summed E-state index contributed by atoms with van der Waals surface area (Å²) >= 11 is 0. The van der Waals surface area contributed by atoms with Crippen molar-refractivity contribution in [3.05, 3.63) is 0 Å². The lowest BCUT2D eigenvalue weighted by Gasteiger charge is -2.47. The Labute approximate surface area is 349 Å². The summed E-state index contributed by atoms with van der Waals surface area (Å²) in [7, 11) is 0. The van der Waals surface area contributed by atoms with E-state index in [0.717, 1.165) is 38.5 Å². The second-order valence-corrected chi connectivity index (χ2v) is 16.8. The van der Waals surface area contributed by atoms with Gasteiger partial charge in [0.05, 0.1) is 25.9 Å². The number of unbranched alkanes of at least 4 members (excludes halogenated alkanes) is 21. The highest BCUT2D eigenvalue weighted by molar-refractivity contribution is 5.76. The number of hydrogen-bond acceptors (Lipinski definition) is 12. The van der Waals surface area contributed by atoms with Gasteiger partial charge in [-0.2, -0.15) is 0 Å². The second kappa shape index (κ2) is 32.3. The van der Waals surface area contributed by atoms with Gasteiger partial charge in [0.1, 0.15) is 48.8 Å². The first-order valence-corrected chi connectivity index (χ1v) is 23.2. The Morgan fingerprint density at radius 2 is 1.05 bits per heavy atom. The maximum absolute atomic E-state index is 13.2. The van der Waals surface area contributed by atoms with Gasteiger partial charge in [-0.3, -0.25) is 9.59 Å². The fraction of sp³-hybridized carbons (Fsp3) is 0.955. The summed E-state index contributed by atoms with van der Waals surface area (Å²) in [4.78, 5) is 25.4. The monoisotopic (exact) mass is 833 g/mol. The molecule has 2 amide bonds. The fourth-order valence-corrected chi connectivity index (χ4v) is 7.99. The van der Waals surface area contributed by atoms with E-state index in [0.29, 0.717) is 12.8 Å². The van der Waals surface area contributed by atoms with Crippen LogP contribution in [0.15, 0.2) is 0 Å². The molecule has 342 valence electrons. The first-order chi connectivity index (χ1) is 28.1. The molecule has 8 N–H and O–H groups in total. The maximum atomic E-state index is 13.2. The van der Waals surface area contributed by atoms with E-state index in [1.807, 2.05) is 0 Å². The average molecular weight is 833 g/mol. The zero-order valence-corrected chi connectivity index (χ0v) is 36.3. The van der Waals surface area contributed by atoms with Crippen molar-refractivity contribution in [2.45, 2.75) is 249 Å². The van der Waals surface area contributed by atoms with Crippen LogP contribution in [0.25, 0.3) is 0 Å². The second-order valence-electron chi connectivity index (χ2n) is 16.8. The van der Waals surface area contributed by atoms with E-state index in [4.69, 9.17) is 18.9 Å². The highest BCUT2D eigenvalue weighted by Crippen LogP contribution is 2.30. The summed E-state index contributed by atoms with van der Waals surface area (Å²) in [6.45, 7) is 4.42. The molecule has 2 aliphatic rings. The van der Waals surface area contributed by atoms with Gasteiger partial charge in [0, 0.05) is 13.3 Å². The molecule has 58 heavy (non-hydrogen) atoms. The third kappa shape index (κ3) is 20.9. The van der Waals surface area contributed by atoms with Crippen LogP contribution in [0.1, 0.15) is 181 Å². The third-order valence-electron chi connectivity index (χ3n) is 11.6. The summed E-state index contributed by atoms with van der Waals surface area (Å²) in [5.74, 6) is -0.547. The quantitative estimate of drug-likeness (QED) is 0.0400. The normalized spacial score (nSPS) is 28.0. The molecule has 2 fully saturated rings. The number of aliphatic hydroxyl groups excluding tert-OH is 6. The molecule has 0 spiro atoms. The van der Waals surface area contributed by atoms with Crippen LogP contribution >= 0.6 is 0 Å². The first kappa shape index (κ1) is 52.7. The fourth-order valence-electron chi connectivity index (χ4n) is 7.99. The molecule has 0 saturated carbocycles. The molecule has 14 nitrogen and oxygen atoms in total. The maximum Gasteiger partial charge on any atom is 0.220 e. The van der Waals surface area contributed by atoms with Crippen molar-refractivity contribution >= 4 is 11.8 Å². The Hall–Kier alpha value is -1.46. The number of nitrogens with one attached hydrogen (secondary N) is 2. The summed E-state index contributed by atoms with van der Waals surface area (Å²) in [6, 6.07) is -1.53. The molecule has 11 atom stereocenters. The summed E-state index contributed by atoms with van der Waals surface area (Å²) < 4.78 is 23.5. The van der Waals surface area contributed by atoms with E-state index in [1.165, 1.54) is 116 Å². The molecule has 0 aromatic heterocycles. The first-order valence-electron chi connectivity index (χ1n) is 23.2. The molecule has 0 aromatic carbocycles. The van der Waals surface area contributed by atoms with Crippen molar-refractivity contribution in [1.29, 1.82) is 0 Å². The molecular formula is C44H84N2O12. The van der Waals surface area contributed by atoms with Gasteiger partial charge in [0.25, 0.3) is 0 Å². The Morgan fingerprint density at radius 3 is 1.53 bits per heavy atom. The van der Waals surface area contributed by atoms with E-state index < -0.39 is 80.5 Å². The molecule has 0 bridgehead atoms. The van der Waals surface area contributed by atoms with Crippen LogP contribution in [-0.2, 0) is 28.5 Å². The summed E-state index contributed by atoms with van der Waals surface area (Å²) in [5.41, 5.74) is 0. The predicted octanol–water partition coefficient (Wildman–Crippen LogP) is 5.05. The van der Waals surface area contributed by atoms with Crippen molar-refractivity contribution in [3.8, 4) is 0 Å². The number of hydrogen-bond donors (Lipinski definition) is 8. The van der Waals surface area contributed by atoms with Gasteiger partial charge < -0.3 is 60.2 Å². The van der Waals surface area contributed by atoms with Gasteiger partial charge in [-0.05, 0) is 12.8 Å². The highest BCUT2D eigenvalue weighted by atomic mass is 16.7. The van der Waals surface area contributed by atoms with Crippen LogP contribution in [0.2, 0.25) is 0 Å². The molecule has 0 aromatic rings. The standard InChI is InChI=1S/C44H84N2O12/c1-4-6-8-10-12-14-15-16-17-18-19-20-22-24-26-28-36(50)46-33(27-25-23-21-13-11-9-7-5-2)31-55-43-37(45-32(3)49)39(52)42(35(30-48)57-43)58-44-41(54)40(53)38(51)34(29-47)56-44/h33-35,37-44,47-48,51-54H,4-31H2,1-3H3,(H,45,49)(H,46,50)/t33?,34?,35?,37-,38-,39?,40?,41-,42+,43+,44-/m0/s1. The minimum absolute atomic E-state index is 0.0327. The van der Waals surface area contributed by atoms with E-state index in [2.05, 4.69) is 24.5 Å². The van der Waals surface area contributed by atoms with Crippen molar-refractivity contribution in [2.24, 2.45) is 0 Å². The number of aliphatic hydroxyl groups is 6. The van der Waals surface area contributed by atoms with Crippen molar-refractivity contribution in [2.75, 3.05) is 19.8 Å². The molecule has 2 saturated heterocycles. The number of amides is 2. The topological polar surface area (TPSA) is 216 Å². The van der Waals surface area contributed by atoms with Gasteiger partial charge in [-0.15, -0.1) is 0 Å². The van der Waals surface area contributed by atoms with Gasteiger partial charge in [-0.25, -0.2) is 0 Å². The van der Waals surface area contributed by atoms with Gasteiger partial charge in [0.2, 0.25) is 11.8 Å². The van der Waals surface area contributed by atoms with Crippen LogP contribution in [0.5, 0.6) is 0 Å². The lowest BCUT2D eigenvalue weighted by Crippen LogP contribution is -2.67. The lowest BCUT2D eigenvalue weighted by molar-refractivity contribution is -0.348. The molecule has 14 heteroatoms. The third-order valence-corrected chi connectivity index (χ3v) is 11.6. The summed E-state index contributed by atoms with van der Waals surface area (Å²) in [5, 5.41) is 68.1. The molecule has 5 unspecified atom stereocenters. The number of carbonyl (C=O) groups excluding carboxylic acids is 2. The van der Waals surface area contributed by atoms with E-state index in [1.54, 1.807) is 0 Å². The van der Waals surface area contributed by atoms with E-state index in [9.17, 15) is 40.2 Å². The lowest BCUT2D eigenvalue weighted by atomic mass is 9.95. The smallest absolute Gasteiger partial charge is 0.220 e. The van der Waals surface area contributed by atoms with Crippen LogP contribution < -0.4 is 10.6 Å². The number of carbonyl (C=O) groups is 2. The molecule has 2 heterocycles. The zero-order chi connectivity index (χ0) is 42.5. The van der Waals surface area contributed by atoms with Crippen molar-refractivity contribution in [1.82, 2.24) is 10.6 Å². The van der Waals surface area contributed by atoms with Gasteiger partial charge in [-0.1, -0.05) is 155 Å². The number of ether oxygens (including phenoxy) is 4. The minimum Gasteiger partial charge on any atom is -0.394 e. The van der Waals surface area contributed by atoms with Crippen LogP contribution in [0.4, 0.5) is 0 Å². The van der Waals surface area contributed by atoms with Gasteiger partial charge in [0.15, 0.2) is 12.6 Å². The number of rotatable bonds is 34. The molecule has 0 aliphatic carbocycles. The average Bonchev–Trinajstić information content (AvgIpc) is 3.21. The molecule has 2 rings (SSSR count). The Balaban J connectivity index is 1.91. The Morgan fingerprint density at radius 1 is 0.586 bits per heavy atom. The van der Waals surface area contributed by atoms with E-state index >= 15 is 0 Å². The Kier molecular flexibility index (Phi) is 29.3. The summed E-state index contributed by atoms with van der Waals surface area (Å²) in [6.07, 6.45) is 15.7. The van der Waals surface area contributed by atoms with Crippen molar-refractivity contribution in [3.63, 3.8) is 0 Å². The molecule has 2 aliphatic heterocycles.